The van der Waals surface area contributed by atoms with Crippen LogP contribution in [0.25, 0.3) is 11.5 Å². The first kappa shape index (κ1) is 17.2. The van der Waals surface area contributed by atoms with Crippen LogP contribution in [0.3, 0.4) is 0 Å². The van der Waals surface area contributed by atoms with Gasteiger partial charge in [-0.15, -0.1) is 0 Å². The van der Waals surface area contributed by atoms with Crippen molar-refractivity contribution in [2.45, 2.75) is 19.9 Å². The van der Waals surface area contributed by atoms with E-state index in [1.165, 1.54) is 5.56 Å². The van der Waals surface area contributed by atoms with Gasteiger partial charge < -0.3 is 18.8 Å². The number of hydrogen-bond acceptors (Lipinski definition) is 5. The lowest BCUT2D eigenvalue weighted by Gasteiger charge is -2.29. The van der Waals surface area contributed by atoms with Gasteiger partial charge >= 0.3 is 0 Å². The fourth-order valence-corrected chi connectivity index (χ4v) is 3.36. The van der Waals surface area contributed by atoms with Gasteiger partial charge in [0.15, 0.2) is 23.0 Å². The molecule has 1 amide bonds. The number of benzene rings is 1. The standard InChI is InChI=1S/C20H21N3O4/c1-12-4-5-17(27-12)15-10-16(22-21-15)20(24)23-7-6-13-8-18(25-2)19(26-3)9-14(13)11-23/h4-5,8-10H,6-7,11H2,1-3H3,(H,21,22). The molecular formula is C20H21N3O4. The quantitative estimate of drug-likeness (QED) is 0.766. The van der Waals surface area contributed by atoms with E-state index in [0.717, 1.165) is 17.7 Å². The van der Waals surface area contributed by atoms with E-state index in [-0.39, 0.29) is 5.91 Å². The Balaban J connectivity index is 1.55. The highest BCUT2D eigenvalue weighted by molar-refractivity contribution is 5.93. The first-order valence-corrected chi connectivity index (χ1v) is 8.74. The van der Waals surface area contributed by atoms with Crippen LogP contribution in [0.5, 0.6) is 11.5 Å². The Labute approximate surface area is 156 Å². The number of ether oxygens (including phenoxy) is 2. The number of aryl methyl sites for hydroxylation is 1. The maximum absolute atomic E-state index is 12.9. The summed E-state index contributed by atoms with van der Waals surface area (Å²) in [6.45, 7) is 3.01. The minimum atomic E-state index is -0.110. The van der Waals surface area contributed by atoms with Crippen molar-refractivity contribution in [1.82, 2.24) is 15.1 Å². The number of H-pyrrole nitrogens is 1. The molecule has 1 aliphatic heterocycles. The number of aromatic nitrogens is 2. The highest BCUT2D eigenvalue weighted by atomic mass is 16.5. The van der Waals surface area contributed by atoms with E-state index < -0.39 is 0 Å². The van der Waals surface area contributed by atoms with E-state index in [2.05, 4.69) is 10.2 Å². The second-order valence-corrected chi connectivity index (χ2v) is 6.53. The van der Waals surface area contributed by atoms with Crippen LogP contribution in [-0.2, 0) is 13.0 Å². The number of fused-ring (bicyclic) bond motifs is 1. The zero-order valence-corrected chi connectivity index (χ0v) is 15.5. The molecule has 0 fully saturated rings. The molecule has 0 radical (unpaired) electrons. The molecule has 0 bridgehead atoms. The average molecular weight is 367 g/mol. The molecule has 2 aromatic heterocycles. The van der Waals surface area contributed by atoms with Gasteiger partial charge in [0.1, 0.15) is 11.5 Å². The summed E-state index contributed by atoms with van der Waals surface area (Å²) in [6, 6.07) is 9.39. The third kappa shape index (κ3) is 3.16. The van der Waals surface area contributed by atoms with Crippen molar-refractivity contribution in [2.24, 2.45) is 0 Å². The molecule has 4 rings (SSSR count). The van der Waals surface area contributed by atoms with Crippen LogP contribution in [0, 0.1) is 6.92 Å². The summed E-state index contributed by atoms with van der Waals surface area (Å²) in [5.74, 6) is 2.74. The molecule has 1 aliphatic rings. The largest absolute Gasteiger partial charge is 0.493 e. The lowest BCUT2D eigenvalue weighted by molar-refractivity contribution is 0.0728. The number of hydrogen-bond donors (Lipinski definition) is 1. The Kier molecular flexibility index (Phi) is 4.35. The first-order chi connectivity index (χ1) is 13.1. The summed E-state index contributed by atoms with van der Waals surface area (Å²) < 4.78 is 16.3. The van der Waals surface area contributed by atoms with Crippen molar-refractivity contribution in [2.75, 3.05) is 20.8 Å². The first-order valence-electron chi connectivity index (χ1n) is 8.74. The maximum atomic E-state index is 12.9. The number of aromatic amines is 1. The lowest BCUT2D eigenvalue weighted by atomic mass is 9.98. The fourth-order valence-electron chi connectivity index (χ4n) is 3.36. The molecule has 140 valence electrons. The Morgan fingerprint density at radius 1 is 1.15 bits per heavy atom. The van der Waals surface area contributed by atoms with Crippen LogP contribution in [-0.4, -0.2) is 41.8 Å². The van der Waals surface area contributed by atoms with Crippen molar-refractivity contribution < 1.29 is 18.7 Å². The van der Waals surface area contributed by atoms with Gasteiger partial charge in [-0.25, -0.2) is 0 Å². The monoisotopic (exact) mass is 367 g/mol. The minimum absolute atomic E-state index is 0.110. The van der Waals surface area contributed by atoms with Crippen LogP contribution in [0.1, 0.15) is 27.4 Å². The van der Waals surface area contributed by atoms with Crippen molar-refractivity contribution >= 4 is 5.91 Å². The molecule has 0 aliphatic carbocycles. The van der Waals surface area contributed by atoms with Gasteiger partial charge in [-0.2, -0.15) is 5.10 Å². The molecule has 0 unspecified atom stereocenters. The molecule has 1 aromatic carbocycles. The smallest absolute Gasteiger partial charge is 0.274 e. The SMILES string of the molecule is COc1cc2c(cc1OC)CN(C(=O)c1cc(-c3ccc(C)o3)[nH]n1)CC2. The second kappa shape index (κ2) is 6.83. The van der Waals surface area contributed by atoms with E-state index >= 15 is 0 Å². The Morgan fingerprint density at radius 3 is 2.56 bits per heavy atom. The summed E-state index contributed by atoms with van der Waals surface area (Å²) in [6.07, 6.45) is 0.760. The van der Waals surface area contributed by atoms with E-state index in [1.807, 2.05) is 31.2 Å². The number of rotatable bonds is 4. The van der Waals surface area contributed by atoms with Crippen molar-refractivity contribution in [3.8, 4) is 23.0 Å². The highest BCUT2D eigenvalue weighted by Crippen LogP contribution is 2.33. The molecule has 27 heavy (non-hydrogen) atoms. The lowest BCUT2D eigenvalue weighted by Crippen LogP contribution is -2.36. The van der Waals surface area contributed by atoms with E-state index in [9.17, 15) is 4.79 Å². The summed E-state index contributed by atoms with van der Waals surface area (Å²) in [5, 5.41) is 7.05. The van der Waals surface area contributed by atoms with Gasteiger partial charge in [-0.3, -0.25) is 9.89 Å². The van der Waals surface area contributed by atoms with Crippen molar-refractivity contribution in [1.29, 1.82) is 0 Å². The Hall–Kier alpha value is -3.22. The number of nitrogens with zero attached hydrogens (tertiary/aromatic N) is 2. The highest BCUT2D eigenvalue weighted by Gasteiger charge is 2.25. The van der Waals surface area contributed by atoms with E-state index in [0.29, 0.717) is 41.7 Å². The third-order valence-corrected chi connectivity index (χ3v) is 4.81. The molecule has 3 aromatic rings. The molecule has 0 spiro atoms. The van der Waals surface area contributed by atoms with Gasteiger partial charge in [-0.1, -0.05) is 0 Å². The number of nitrogens with one attached hydrogen (secondary N) is 1. The summed E-state index contributed by atoms with van der Waals surface area (Å²) in [7, 11) is 3.23. The maximum Gasteiger partial charge on any atom is 0.274 e. The summed E-state index contributed by atoms with van der Waals surface area (Å²) >= 11 is 0. The second-order valence-electron chi connectivity index (χ2n) is 6.53. The summed E-state index contributed by atoms with van der Waals surface area (Å²) in [4.78, 5) is 14.7. The van der Waals surface area contributed by atoms with Crippen molar-refractivity contribution in [3.63, 3.8) is 0 Å². The number of furan rings is 1. The zero-order chi connectivity index (χ0) is 19.0. The zero-order valence-electron chi connectivity index (χ0n) is 15.5. The molecule has 7 nitrogen and oxygen atoms in total. The minimum Gasteiger partial charge on any atom is -0.493 e. The number of carbonyl (C=O) groups excluding carboxylic acids is 1. The number of methoxy groups -OCH3 is 2. The molecule has 0 saturated heterocycles. The topological polar surface area (TPSA) is 80.6 Å². The predicted octanol–water partition coefficient (Wildman–Crippen LogP) is 3.19. The number of amides is 1. The molecule has 1 N–H and O–H groups in total. The predicted molar refractivity (Wildman–Crippen MR) is 99.0 cm³/mol. The van der Waals surface area contributed by atoms with Crippen LogP contribution >= 0.6 is 0 Å². The average Bonchev–Trinajstić information content (AvgIpc) is 3.34. The fraction of sp³-hybridized carbons (Fsp3) is 0.300. The van der Waals surface area contributed by atoms with E-state index in [1.54, 1.807) is 25.2 Å². The summed E-state index contributed by atoms with van der Waals surface area (Å²) in [5.41, 5.74) is 3.30. The molecule has 7 heteroatoms. The molecule has 0 atom stereocenters. The Morgan fingerprint density at radius 2 is 1.89 bits per heavy atom. The van der Waals surface area contributed by atoms with Gasteiger partial charge in [0.25, 0.3) is 5.91 Å². The van der Waals surface area contributed by atoms with Gasteiger partial charge in [0.2, 0.25) is 0 Å². The third-order valence-electron chi connectivity index (χ3n) is 4.81. The van der Waals surface area contributed by atoms with Gasteiger partial charge in [-0.05, 0) is 48.7 Å². The van der Waals surface area contributed by atoms with Gasteiger partial charge in [0.05, 0.1) is 14.2 Å². The van der Waals surface area contributed by atoms with Crippen LogP contribution in [0.2, 0.25) is 0 Å². The molecular weight excluding hydrogens is 346 g/mol. The molecule has 3 heterocycles. The number of carbonyl (C=O) groups is 1. The van der Waals surface area contributed by atoms with Crippen LogP contribution in [0.4, 0.5) is 0 Å². The Bertz CT molecular complexity index is 989. The van der Waals surface area contributed by atoms with Crippen LogP contribution < -0.4 is 9.47 Å². The van der Waals surface area contributed by atoms with Crippen molar-refractivity contribution in [3.05, 3.63) is 52.9 Å². The van der Waals surface area contributed by atoms with Crippen LogP contribution in [0.15, 0.2) is 34.7 Å². The van der Waals surface area contributed by atoms with Gasteiger partial charge in [0, 0.05) is 19.2 Å². The normalized spacial score (nSPS) is 13.4. The molecule has 0 saturated carbocycles. The van der Waals surface area contributed by atoms with E-state index in [4.69, 9.17) is 13.9 Å².